The van der Waals surface area contributed by atoms with Gasteiger partial charge in [-0.15, -0.1) is 0 Å². The van der Waals surface area contributed by atoms with Gasteiger partial charge in [0.15, 0.2) is 0 Å². The number of aliphatic hydroxyl groups excluding tert-OH is 2. The summed E-state index contributed by atoms with van der Waals surface area (Å²) in [5, 5.41) is 20.0. The van der Waals surface area contributed by atoms with E-state index in [1.807, 2.05) is 6.92 Å². The van der Waals surface area contributed by atoms with E-state index >= 15 is 0 Å². The van der Waals surface area contributed by atoms with Crippen LogP contribution in [0.15, 0.2) is 34.0 Å². The Labute approximate surface area is 176 Å². The first kappa shape index (κ1) is 21.4. The van der Waals surface area contributed by atoms with Crippen LogP contribution in [0.2, 0.25) is 0 Å². The Bertz CT molecular complexity index is 1320. The molecule has 0 amide bonds. The number of imidazole rings is 1. The highest BCUT2D eigenvalue weighted by molar-refractivity contribution is 7.85. The number of fused-ring (bicyclic) bond motifs is 6. The lowest BCUT2D eigenvalue weighted by atomic mass is 10.1. The summed E-state index contributed by atoms with van der Waals surface area (Å²) in [6, 6.07) is 5.78. The molecule has 2 bridgehead atoms. The minimum Gasteiger partial charge on any atom is -0.744 e. The number of nitrogens with one attached hydrogen (secondary N) is 1. The van der Waals surface area contributed by atoms with E-state index in [9.17, 15) is 28.0 Å². The van der Waals surface area contributed by atoms with Crippen molar-refractivity contribution in [3.8, 4) is 0 Å². The number of hydrogen-bond donors (Lipinski definition) is 4. The standard InChI is InChI=1S/C11H13N5O4.C7H8O3S/c1-15-4-2-3-6(17)7(18)10(20-3)16(4)8-5(15)9(19)14-11(12)13-8;1-6-2-4-7(5-3-6)11(8,9)10/h3,6-7,10,17-18H,2H2,1H3,(H2-,12,13,14,19);2-5H,1H3,(H,8,9,10). The fourth-order valence-electron chi connectivity index (χ4n) is 3.85. The van der Waals surface area contributed by atoms with Gasteiger partial charge in [0.1, 0.15) is 28.4 Å². The highest BCUT2D eigenvalue weighted by Gasteiger charge is 2.53. The van der Waals surface area contributed by atoms with Crippen LogP contribution < -0.4 is 15.9 Å². The van der Waals surface area contributed by atoms with E-state index in [2.05, 4.69) is 9.97 Å². The van der Waals surface area contributed by atoms with Crippen molar-refractivity contribution in [1.29, 1.82) is 0 Å². The molecule has 31 heavy (non-hydrogen) atoms. The zero-order chi connectivity index (χ0) is 22.7. The van der Waals surface area contributed by atoms with Crippen LogP contribution in [0, 0.1) is 6.92 Å². The Morgan fingerprint density at radius 3 is 2.55 bits per heavy atom. The summed E-state index contributed by atoms with van der Waals surface area (Å²) in [4.78, 5) is 18.4. The molecule has 12 nitrogen and oxygen atoms in total. The highest BCUT2D eigenvalue weighted by atomic mass is 32.2. The van der Waals surface area contributed by atoms with E-state index in [0.29, 0.717) is 17.6 Å². The van der Waals surface area contributed by atoms with Crippen molar-refractivity contribution in [2.75, 3.05) is 5.73 Å². The molecule has 4 atom stereocenters. The SMILES string of the molecule is Cc1ccc(S(=O)(=O)[O-])cc1.Cn1c2[n+](c3nc(N)[nH]c(=O)c31)C1OC(C2)C(O)C1O. The molecule has 4 unspecified atom stereocenters. The quantitative estimate of drug-likeness (QED) is 0.245. The molecule has 13 heteroatoms. The van der Waals surface area contributed by atoms with Gasteiger partial charge in [-0.2, -0.15) is 4.57 Å². The number of rotatable bonds is 1. The number of hydrogen-bond acceptors (Lipinski definition) is 9. The van der Waals surface area contributed by atoms with Crippen molar-refractivity contribution in [2.45, 2.75) is 42.8 Å². The zero-order valence-corrected chi connectivity index (χ0v) is 17.4. The number of H-pyrrole nitrogens is 1. The van der Waals surface area contributed by atoms with E-state index in [4.69, 9.17) is 10.5 Å². The number of aromatic amines is 1. The molecule has 1 aromatic carbocycles. The fraction of sp³-hybridized carbons (Fsp3) is 0.389. The monoisotopic (exact) mass is 451 g/mol. The maximum Gasteiger partial charge on any atom is 0.314 e. The molecule has 0 aliphatic carbocycles. The van der Waals surface area contributed by atoms with Crippen molar-refractivity contribution >= 4 is 27.2 Å². The van der Waals surface area contributed by atoms with Crippen molar-refractivity contribution < 1.29 is 32.5 Å². The third kappa shape index (κ3) is 3.59. The summed E-state index contributed by atoms with van der Waals surface area (Å²) >= 11 is 0. The van der Waals surface area contributed by atoms with Gasteiger partial charge in [0.25, 0.3) is 11.5 Å². The summed E-state index contributed by atoms with van der Waals surface area (Å²) in [7, 11) is -2.53. The molecule has 2 aliphatic heterocycles. The second kappa shape index (κ2) is 7.39. The molecule has 1 fully saturated rings. The molecular formula is C18H21N5O7S. The fourth-order valence-corrected chi connectivity index (χ4v) is 4.32. The smallest absolute Gasteiger partial charge is 0.314 e. The molecule has 5 N–H and O–H groups in total. The predicted octanol–water partition coefficient (Wildman–Crippen LogP) is -1.79. The number of ether oxygens (including phenoxy) is 1. The Morgan fingerprint density at radius 1 is 1.29 bits per heavy atom. The van der Waals surface area contributed by atoms with Gasteiger partial charge in [-0.05, 0) is 19.1 Å². The van der Waals surface area contributed by atoms with Gasteiger partial charge in [-0.1, -0.05) is 22.7 Å². The van der Waals surface area contributed by atoms with E-state index < -0.39 is 34.7 Å². The summed E-state index contributed by atoms with van der Waals surface area (Å²) in [5.74, 6) is 0.763. The van der Waals surface area contributed by atoms with E-state index in [-0.39, 0.29) is 16.4 Å². The third-order valence-electron chi connectivity index (χ3n) is 5.41. The number of nitrogens with two attached hydrogens (primary N) is 1. The average molecular weight is 451 g/mol. The normalized spacial score (nSPS) is 24.5. The topological polar surface area (TPSA) is 187 Å². The van der Waals surface area contributed by atoms with Crippen LogP contribution in [0.4, 0.5) is 5.95 Å². The molecule has 2 aliphatic rings. The van der Waals surface area contributed by atoms with E-state index in [1.165, 1.54) is 12.1 Å². The average Bonchev–Trinajstić information content (AvgIpc) is 3.09. The van der Waals surface area contributed by atoms with Gasteiger partial charge in [-0.3, -0.25) is 14.3 Å². The van der Waals surface area contributed by atoms with Crippen LogP contribution in [-0.2, 0) is 28.3 Å². The summed E-state index contributed by atoms with van der Waals surface area (Å²) in [5.41, 5.74) is 6.88. The summed E-state index contributed by atoms with van der Waals surface area (Å²) < 4.78 is 40.1. The van der Waals surface area contributed by atoms with Crippen LogP contribution in [0.1, 0.15) is 17.6 Å². The van der Waals surface area contributed by atoms with Crippen molar-refractivity contribution in [3.05, 3.63) is 46.0 Å². The van der Waals surface area contributed by atoms with Gasteiger partial charge in [0, 0.05) is 0 Å². The Kier molecular flexibility index (Phi) is 5.10. The number of benzene rings is 1. The molecule has 4 heterocycles. The van der Waals surface area contributed by atoms with Crippen LogP contribution in [-0.4, -0.2) is 56.0 Å². The molecule has 5 rings (SSSR count). The lowest BCUT2D eigenvalue weighted by Crippen LogP contribution is -2.50. The largest absolute Gasteiger partial charge is 0.744 e. The molecule has 0 radical (unpaired) electrons. The van der Waals surface area contributed by atoms with Crippen LogP contribution in [0.25, 0.3) is 11.2 Å². The molecular weight excluding hydrogens is 430 g/mol. The van der Waals surface area contributed by atoms with Gasteiger partial charge in [0.2, 0.25) is 17.6 Å². The predicted molar refractivity (Wildman–Crippen MR) is 105 cm³/mol. The first-order valence-electron chi connectivity index (χ1n) is 9.31. The minimum atomic E-state index is -4.27. The Morgan fingerprint density at radius 2 is 1.94 bits per heavy atom. The third-order valence-corrected chi connectivity index (χ3v) is 6.26. The summed E-state index contributed by atoms with van der Waals surface area (Å²) in [6.45, 7) is 1.82. The van der Waals surface area contributed by atoms with Gasteiger partial charge >= 0.3 is 5.65 Å². The zero-order valence-electron chi connectivity index (χ0n) is 16.6. The number of anilines is 1. The number of aryl methyl sites for hydroxylation is 2. The number of nitrogens with zero attached hydrogens (tertiary/aromatic N) is 3. The lowest BCUT2D eigenvalue weighted by Gasteiger charge is -2.19. The van der Waals surface area contributed by atoms with Gasteiger partial charge in [0.05, 0.1) is 18.4 Å². The van der Waals surface area contributed by atoms with Crippen molar-refractivity contribution in [3.63, 3.8) is 0 Å². The molecule has 0 saturated carbocycles. The number of aromatic nitrogens is 4. The Hall–Kier alpha value is -2.84. The maximum absolute atomic E-state index is 12.0. The minimum absolute atomic E-state index is 0.00133. The van der Waals surface area contributed by atoms with Crippen LogP contribution in [0.3, 0.4) is 0 Å². The lowest BCUT2D eigenvalue weighted by molar-refractivity contribution is -0.759. The van der Waals surface area contributed by atoms with Crippen molar-refractivity contribution in [2.24, 2.45) is 7.05 Å². The van der Waals surface area contributed by atoms with Crippen LogP contribution >= 0.6 is 0 Å². The first-order valence-corrected chi connectivity index (χ1v) is 10.7. The maximum atomic E-state index is 12.0. The number of nitrogen functional groups attached to an aromatic ring is 1. The molecule has 2 aromatic heterocycles. The van der Waals surface area contributed by atoms with Gasteiger partial charge in [-0.25, -0.2) is 8.42 Å². The van der Waals surface area contributed by atoms with E-state index in [0.717, 1.165) is 11.4 Å². The second-order valence-corrected chi connectivity index (χ2v) is 8.87. The molecule has 166 valence electrons. The second-order valence-electron chi connectivity index (χ2n) is 7.49. The highest BCUT2D eigenvalue weighted by Crippen LogP contribution is 2.33. The van der Waals surface area contributed by atoms with Crippen molar-refractivity contribution in [1.82, 2.24) is 14.5 Å². The summed E-state index contributed by atoms with van der Waals surface area (Å²) in [6.07, 6.45) is -2.85. The molecule has 3 aromatic rings. The molecule has 1 saturated heterocycles. The van der Waals surface area contributed by atoms with Crippen LogP contribution in [0.5, 0.6) is 0 Å². The Balaban J connectivity index is 0.000000180. The van der Waals surface area contributed by atoms with E-state index in [1.54, 1.807) is 28.3 Å². The van der Waals surface area contributed by atoms with Gasteiger partial charge < -0.3 is 25.2 Å². The molecule has 0 spiro atoms. The first-order chi connectivity index (χ1) is 14.5. The number of aliphatic hydroxyl groups is 2.